The van der Waals surface area contributed by atoms with Gasteiger partial charge in [-0.05, 0) is 6.07 Å². The molecule has 0 aromatic heterocycles. The number of para-hydroxylation sites is 1. The Bertz CT molecular complexity index is 391. The van der Waals surface area contributed by atoms with Gasteiger partial charge in [0.1, 0.15) is 5.69 Å². The summed E-state index contributed by atoms with van der Waals surface area (Å²) in [4.78, 5) is 20.9. The van der Waals surface area contributed by atoms with Gasteiger partial charge in [0.25, 0.3) is 11.6 Å². The van der Waals surface area contributed by atoms with Crippen LogP contribution < -0.4 is 17.0 Å². The maximum Gasteiger partial charge on any atom is 0.292 e. The number of benzene rings is 1. The Morgan fingerprint density at radius 2 is 2.14 bits per heavy atom. The van der Waals surface area contributed by atoms with E-state index in [1.807, 2.05) is 5.43 Å². The van der Waals surface area contributed by atoms with E-state index in [-0.39, 0.29) is 16.9 Å². The van der Waals surface area contributed by atoms with E-state index in [2.05, 4.69) is 0 Å². The Hall–Kier alpha value is -2.15. The number of nitrogens with one attached hydrogen (secondary N) is 1. The van der Waals surface area contributed by atoms with Crippen molar-refractivity contribution in [3.05, 3.63) is 33.9 Å². The minimum atomic E-state index is -0.664. The Labute approximate surface area is 78.8 Å². The Kier molecular flexibility index (Phi) is 2.63. The lowest BCUT2D eigenvalue weighted by Crippen LogP contribution is -2.30. The number of nitro benzene ring substituents is 1. The van der Waals surface area contributed by atoms with Crippen molar-refractivity contribution in [2.24, 2.45) is 5.84 Å². The van der Waals surface area contributed by atoms with Gasteiger partial charge in [0.15, 0.2) is 0 Å². The molecule has 7 nitrogen and oxygen atoms in total. The number of rotatable bonds is 2. The SMILES string of the molecule is NNC(=O)c1cccc([N+](=O)[O-])c1N. The van der Waals surface area contributed by atoms with Gasteiger partial charge in [0, 0.05) is 6.07 Å². The molecule has 14 heavy (non-hydrogen) atoms. The highest BCUT2D eigenvalue weighted by molar-refractivity contribution is 6.00. The summed E-state index contributed by atoms with van der Waals surface area (Å²) < 4.78 is 0. The fourth-order valence-electron chi connectivity index (χ4n) is 0.988. The minimum absolute atomic E-state index is 0.0123. The van der Waals surface area contributed by atoms with Crippen LogP contribution in [0.15, 0.2) is 18.2 Å². The maximum atomic E-state index is 11.1. The molecule has 0 atom stereocenters. The van der Waals surface area contributed by atoms with Crippen LogP contribution in [0.1, 0.15) is 10.4 Å². The minimum Gasteiger partial charge on any atom is -0.393 e. The van der Waals surface area contributed by atoms with E-state index in [0.29, 0.717) is 0 Å². The van der Waals surface area contributed by atoms with Crippen LogP contribution in [-0.2, 0) is 0 Å². The first-order chi connectivity index (χ1) is 6.57. The van der Waals surface area contributed by atoms with Crippen LogP contribution in [0.3, 0.4) is 0 Å². The Morgan fingerprint density at radius 3 is 2.64 bits per heavy atom. The Morgan fingerprint density at radius 1 is 1.50 bits per heavy atom. The third kappa shape index (κ3) is 1.62. The summed E-state index contributed by atoms with van der Waals surface area (Å²) >= 11 is 0. The quantitative estimate of drug-likeness (QED) is 0.198. The molecule has 0 unspecified atom stereocenters. The second-order valence-corrected chi connectivity index (χ2v) is 2.47. The number of hydrazine groups is 1. The maximum absolute atomic E-state index is 11.1. The van der Waals surface area contributed by atoms with Crippen LogP contribution in [-0.4, -0.2) is 10.8 Å². The molecule has 0 aliphatic rings. The summed E-state index contributed by atoms with van der Waals surface area (Å²) in [5.74, 6) is 4.21. The van der Waals surface area contributed by atoms with Gasteiger partial charge in [-0.15, -0.1) is 0 Å². The van der Waals surface area contributed by atoms with Crippen molar-refractivity contribution < 1.29 is 9.72 Å². The monoisotopic (exact) mass is 196 g/mol. The van der Waals surface area contributed by atoms with Crippen molar-refractivity contribution in [2.45, 2.75) is 0 Å². The van der Waals surface area contributed by atoms with Crippen molar-refractivity contribution in [1.82, 2.24) is 5.43 Å². The molecule has 5 N–H and O–H groups in total. The number of hydrogen-bond donors (Lipinski definition) is 3. The number of nitrogens with two attached hydrogens (primary N) is 2. The molecule has 1 aromatic carbocycles. The smallest absolute Gasteiger partial charge is 0.292 e. The number of nitrogens with zero attached hydrogens (tertiary/aromatic N) is 1. The lowest BCUT2D eigenvalue weighted by Gasteiger charge is -2.03. The van der Waals surface area contributed by atoms with Gasteiger partial charge >= 0.3 is 0 Å². The molecule has 0 saturated heterocycles. The summed E-state index contributed by atoms with van der Waals surface area (Å²) in [7, 11) is 0. The topological polar surface area (TPSA) is 124 Å². The molecule has 1 amide bonds. The van der Waals surface area contributed by atoms with E-state index in [1.165, 1.54) is 18.2 Å². The fraction of sp³-hybridized carbons (Fsp3) is 0. The molecular weight excluding hydrogens is 188 g/mol. The predicted octanol–water partition coefficient (Wildman–Crippen LogP) is -0.220. The molecule has 0 heterocycles. The second kappa shape index (κ2) is 3.71. The second-order valence-electron chi connectivity index (χ2n) is 2.47. The van der Waals surface area contributed by atoms with Gasteiger partial charge in [-0.1, -0.05) is 6.07 Å². The first-order valence-electron chi connectivity index (χ1n) is 3.61. The lowest BCUT2D eigenvalue weighted by molar-refractivity contribution is -0.383. The molecule has 0 radical (unpaired) electrons. The summed E-state index contributed by atoms with van der Waals surface area (Å²) in [6.07, 6.45) is 0. The first kappa shape index (κ1) is 9.93. The van der Waals surface area contributed by atoms with E-state index in [0.717, 1.165) is 0 Å². The van der Waals surface area contributed by atoms with Crippen molar-refractivity contribution >= 4 is 17.3 Å². The van der Waals surface area contributed by atoms with Crippen LogP contribution in [0.5, 0.6) is 0 Å². The van der Waals surface area contributed by atoms with E-state index in [4.69, 9.17) is 11.6 Å². The third-order valence-corrected chi connectivity index (χ3v) is 1.66. The molecule has 7 heteroatoms. The predicted molar refractivity (Wildman–Crippen MR) is 49.2 cm³/mol. The van der Waals surface area contributed by atoms with Crippen LogP contribution >= 0.6 is 0 Å². The van der Waals surface area contributed by atoms with Gasteiger partial charge in [-0.25, -0.2) is 5.84 Å². The fourth-order valence-corrected chi connectivity index (χ4v) is 0.988. The molecule has 0 spiro atoms. The standard InChI is InChI=1S/C7H8N4O3/c8-6-4(7(12)10-9)2-1-3-5(6)11(13)14/h1-3H,8-9H2,(H,10,12). The Balaban J connectivity index is 3.27. The highest BCUT2D eigenvalue weighted by atomic mass is 16.6. The van der Waals surface area contributed by atoms with Crippen LogP contribution in [0.25, 0.3) is 0 Å². The molecule has 0 aliphatic heterocycles. The number of nitrogen functional groups attached to an aromatic ring is 2. The van der Waals surface area contributed by atoms with Gasteiger partial charge in [-0.2, -0.15) is 0 Å². The molecular formula is C7H8N4O3. The normalized spacial score (nSPS) is 9.50. The van der Waals surface area contributed by atoms with Crippen molar-refractivity contribution in [3.8, 4) is 0 Å². The summed E-state index contributed by atoms with van der Waals surface area (Å²) in [6.45, 7) is 0. The van der Waals surface area contributed by atoms with Gasteiger partial charge in [0.05, 0.1) is 10.5 Å². The number of carbonyl (C=O) groups excluding carboxylic acids is 1. The average Bonchev–Trinajstić information content (AvgIpc) is 2.16. The van der Waals surface area contributed by atoms with Crippen molar-refractivity contribution in [2.75, 3.05) is 5.73 Å². The number of nitro groups is 1. The third-order valence-electron chi connectivity index (χ3n) is 1.66. The first-order valence-corrected chi connectivity index (χ1v) is 3.61. The molecule has 0 bridgehead atoms. The number of anilines is 1. The van der Waals surface area contributed by atoms with Crippen LogP contribution in [0, 0.1) is 10.1 Å². The van der Waals surface area contributed by atoms with Crippen molar-refractivity contribution in [3.63, 3.8) is 0 Å². The number of carbonyl (C=O) groups is 1. The largest absolute Gasteiger partial charge is 0.393 e. The van der Waals surface area contributed by atoms with Crippen LogP contribution in [0.2, 0.25) is 0 Å². The highest BCUT2D eigenvalue weighted by Gasteiger charge is 2.17. The van der Waals surface area contributed by atoms with E-state index >= 15 is 0 Å². The summed E-state index contributed by atoms with van der Waals surface area (Å²) in [6, 6.07) is 3.92. The molecule has 0 fully saturated rings. The van der Waals surface area contributed by atoms with E-state index in [1.54, 1.807) is 0 Å². The zero-order valence-corrected chi connectivity index (χ0v) is 7.06. The molecule has 1 rings (SSSR count). The molecule has 0 saturated carbocycles. The van der Waals surface area contributed by atoms with Gasteiger partial charge in [0.2, 0.25) is 0 Å². The van der Waals surface area contributed by atoms with Gasteiger partial charge in [-0.3, -0.25) is 20.3 Å². The summed E-state index contributed by atoms with van der Waals surface area (Å²) in [5, 5.41) is 10.4. The van der Waals surface area contributed by atoms with Gasteiger partial charge < -0.3 is 5.73 Å². The number of amides is 1. The zero-order valence-electron chi connectivity index (χ0n) is 7.06. The van der Waals surface area contributed by atoms with E-state index < -0.39 is 10.8 Å². The molecule has 1 aromatic rings. The van der Waals surface area contributed by atoms with Crippen molar-refractivity contribution in [1.29, 1.82) is 0 Å². The molecule has 0 aliphatic carbocycles. The highest BCUT2D eigenvalue weighted by Crippen LogP contribution is 2.24. The molecule has 74 valence electrons. The summed E-state index contributed by atoms with van der Waals surface area (Å²) in [5.41, 5.74) is 6.73. The van der Waals surface area contributed by atoms with Crippen LogP contribution in [0.4, 0.5) is 11.4 Å². The zero-order chi connectivity index (χ0) is 10.7. The lowest BCUT2D eigenvalue weighted by atomic mass is 10.1. The van der Waals surface area contributed by atoms with E-state index in [9.17, 15) is 14.9 Å². The number of hydrogen-bond acceptors (Lipinski definition) is 5. The average molecular weight is 196 g/mol.